The van der Waals surface area contributed by atoms with Gasteiger partial charge in [-0.1, -0.05) is 12.1 Å². The van der Waals surface area contributed by atoms with Gasteiger partial charge >= 0.3 is 0 Å². The number of imide groups is 1. The van der Waals surface area contributed by atoms with Crippen LogP contribution in [0.4, 0.5) is 10.5 Å². The highest BCUT2D eigenvalue weighted by molar-refractivity contribution is 8.18. The van der Waals surface area contributed by atoms with Crippen molar-refractivity contribution in [2.45, 2.75) is 0 Å². The maximum atomic E-state index is 11.8. The number of fused-ring (bicyclic) bond motifs is 1. The van der Waals surface area contributed by atoms with E-state index in [9.17, 15) is 9.59 Å². The number of benzene rings is 1. The lowest BCUT2D eigenvalue weighted by Crippen LogP contribution is -2.44. The third-order valence-electron chi connectivity index (χ3n) is 5.44. The van der Waals surface area contributed by atoms with Crippen molar-refractivity contribution in [3.63, 3.8) is 0 Å². The van der Waals surface area contributed by atoms with Gasteiger partial charge in [0.1, 0.15) is 6.26 Å². The van der Waals surface area contributed by atoms with Gasteiger partial charge in [0, 0.05) is 49.0 Å². The Bertz CT molecular complexity index is 1160. The van der Waals surface area contributed by atoms with Crippen LogP contribution in [0.15, 0.2) is 52.1 Å². The Kier molecular flexibility index (Phi) is 4.80. The summed E-state index contributed by atoms with van der Waals surface area (Å²) in [5, 5.41) is 2.77. The second-order valence-electron chi connectivity index (χ2n) is 7.46. The van der Waals surface area contributed by atoms with Crippen molar-refractivity contribution in [2.75, 3.05) is 38.1 Å². The number of carbonyl (C=O) groups excluding carboxylic acids is 2. The van der Waals surface area contributed by atoms with Crippen LogP contribution in [0.5, 0.6) is 0 Å². The fourth-order valence-electron chi connectivity index (χ4n) is 3.72. The average Bonchev–Trinajstić information content (AvgIpc) is 3.31. The first-order valence-corrected chi connectivity index (χ1v) is 10.5. The molecule has 3 aromatic rings. The third-order valence-corrected chi connectivity index (χ3v) is 6.25. The molecule has 7 nitrogen and oxygen atoms in total. The van der Waals surface area contributed by atoms with E-state index >= 15 is 0 Å². The largest absolute Gasteiger partial charge is 0.445 e. The molecule has 5 rings (SSSR count). The highest BCUT2D eigenvalue weighted by atomic mass is 32.2. The summed E-state index contributed by atoms with van der Waals surface area (Å²) in [6, 6.07) is 10.4. The number of thioether (sulfide) groups is 1. The number of rotatable bonds is 3. The predicted molar refractivity (Wildman–Crippen MR) is 118 cm³/mol. The molecular weight excluding hydrogens is 400 g/mol. The highest BCUT2D eigenvalue weighted by Crippen LogP contribution is 2.33. The minimum Gasteiger partial charge on any atom is -0.445 e. The number of hydrogen-bond donors (Lipinski definition) is 1. The highest BCUT2D eigenvalue weighted by Gasteiger charge is 2.25. The Labute approximate surface area is 177 Å². The number of nitrogens with one attached hydrogen (secondary N) is 1. The number of carbonyl (C=O) groups is 2. The smallest absolute Gasteiger partial charge is 0.290 e. The minimum absolute atomic E-state index is 0.357. The fourth-order valence-corrected chi connectivity index (χ4v) is 4.41. The van der Waals surface area contributed by atoms with Gasteiger partial charge in [0.15, 0.2) is 0 Å². The van der Waals surface area contributed by atoms with Gasteiger partial charge in [-0.15, -0.1) is 0 Å². The molecule has 0 aliphatic carbocycles. The van der Waals surface area contributed by atoms with Crippen molar-refractivity contribution in [3.8, 4) is 11.1 Å². The lowest BCUT2D eigenvalue weighted by Gasteiger charge is -2.34. The van der Waals surface area contributed by atoms with E-state index in [0.717, 1.165) is 60.0 Å². The molecule has 2 fully saturated rings. The molecule has 0 atom stereocenters. The normalized spacial score (nSPS) is 19.1. The summed E-state index contributed by atoms with van der Waals surface area (Å²) in [4.78, 5) is 32.6. The topological polar surface area (TPSA) is 78.7 Å². The fraction of sp³-hybridized carbons (Fsp3) is 0.227. The van der Waals surface area contributed by atoms with Crippen LogP contribution in [0.25, 0.3) is 28.3 Å². The standard InChI is InChI=1S/C22H20N4O3S/c1-25-6-8-26(9-7-25)16-4-2-15(3-5-16)18-13-29-21-17(18)10-14(12-23-21)11-19-20(27)24-22(28)30-19/h2-5,10-13H,6-9H2,1H3,(H,24,27,28)/b19-11-. The van der Waals surface area contributed by atoms with Crippen molar-refractivity contribution in [2.24, 2.45) is 0 Å². The van der Waals surface area contributed by atoms with Crippen molar-refractivity contribution < 1.29 is 14.0 Å². The van der Waals surface area contributed by atoms with E-state index in [1.807, 2.05) is 6.07 Å². The lowest BCUT2D eigenvalue weighted by molar-refractivity contribution is -0.115. The minimum atomic E-state index is -0.378. The maximum absolute atomic E-state index is 11.8. The summed E-state index contributed by atoms with van der Waals surface area (Å²) in [7, 11) is 2.15. The zero-order valence-electron chi connectivity index (χ0n) is 16.4. The van der Waals surface area contributed by atoms with Gasteiger partial charge in [0.2, 0.25) is 5.71 Å². The summed E-state index contributed by atoms with van der Waals surface area (Å²) in [5.41, 5.74) is 4.49. The first-order chi connectivity index (χ1) is 14.6. The molecule has 0 unspecified atom stereocenters. The van der Waals surface area contributed by atoms with E-state index in [1.54, 1.807) is 18.5 Å². The summed E-state index contributed by atoms with van der Waals surface area (Å²) >= 11 is 0.894. The molecule has 2 amide bonds. The molecule has 4 heterocycles. The van der Waals surface area contributed by atoms with E-state index in [1.165, 1.54) is 5.69 Å². The second-order valence-corrected chi connectivity index (χ2v) is 8.47. The van der Waals surface area contributed by atoms with Crippen molar-refractivity contribution >= 4 is 45.8 Å². The van der Waals surface area contributed by atoms with E-state index in [2.05, 4.69) is 51.4 Å². The third kappa shape index (κ3) is 3.59. The molecule has 2 aliphatic rings. The quantitative estimate of drug-likeness (QED) is 0.649. The Morgan fingerprint density at radius 3 is 2.60 bits per heavy atom. The maximum Gasteiger partial charge on any atom is 0.290 e. The van der Waals surface area contributed by atoms with Crippen LogP contribution in [0.1, 0.15) is 5.56 Å². The van der Waals surface area contributed by atoms with Crippen LogP contribution >= 0.6 is 11.8 Å². The molecule has 152 valence electrons. The molecule has 1 aromatic carbocycles. The number of likely N-dealkylation sites (N-methyl/N-ethyl adjacent to an activating group) is 1. The summed E-state index contributed by atoms with van der Waals surface area (Å²) < 4.78 is 5.64. The molecule has 0 spiro atoms. The number of hydrogen-bond acceptors (Lipinski definition) is 7. The molecule has 2 aromatic heterocycles. The van der Waals surface area contributed by atoms with Gasteiger partial charge in [-0.05, 0) is 54.2 Å². The number of furan rings is 1. The Hall–Kier alpha value is -3.10. The van der Waals surface area contributed by atoms with E-state index in [4.69, 9.17) is 4.42 Å². The SMILES string of the molecule is CN1CCN(c2ccc(-c3coc4ncc(/C=C5\SC(=O)NC5=O)cc34)cc2)CC1. The van der Waals surface area contributed by atoms with E-state index in [-0.39, 0.29) is 11.1 Å². The van der Waals surface area contributed by atoms with Crippen LogP contribution in [-0.2, 0) is 4.79 Å². The van der Waals surface area contributed by atoms with Gasteiger partial charge in [-0.2, -0.15) is 0 Å². The van der Waals surface area contributed by atoms with Gasteiger partial charge in [0.05, 0.1) is 4.91 Å². The summed E-state index contributed by atoms with van der Waals surface area (Å²) in [6.45, 7) is 4.20. The van der Waals surface area contributed by atoms with Crippen molar-refractivity contribution in [3.05, 3.63) is 53.3 Å². The molecule has 8 heteroatoms. The van der Waals surface area contributed by atoms with E-state index < -0.39 is 0 Å². The van der Waals surface area contributed by atoms with Gasteiger partial charge in [0.25, 0.3) is 11.1 Å². The van der Waals surface area contributed by atoms with Crippen molar-refractivity contribution in [1.29, 1.82) is 0 Å². The molecule has 0 saturated carbocycles. The van der Waals surface area contributed by atoms with Crippen LogP contribution in [-0.4, -0.2) is 54.3 Å². The molecule has 2 aliphatic heterocycles. The molecule has 1 N–H and O–H groups in total. The number of piperazine rings is 1. The molecule has 2 saturated heterocycles. The zero-order chi connectivity index (χ0) is 20.7. The molecule has 0 radical (unpaired) electrons. The predicted octanol–water partition coefficient (Wildman–Crippen LogP) is 3.57. The van der Waals surface area contributed by atoms with E-state index in [0.29, 0.717) is 10.6 Å². The van der Waals surface area contributed by atoms with Crippen molar-refractivity contribution in [1.82, 2.24) is 15.2 Å². The average molecular weight is 420 g/mol. The zero-order valence-corrected chi connectivity index (χ0v) is 17.2. The Morgan fingerprint density at radius 2 is 1.90 bits per heavy atom. The number of anilines is 1. The van der Waals surface area contributed by atoms with Crippen LogP contribution in [0.2, 0.25) is 0 Å². The monoisotopic (exact) mass is 420 g/mol. The van der Waals surface area contributed by atoms with Gasteiger partial charge in [-0.3, -0.25) is 14.9 Å². The first-order valence-electron chi connectivity index (χ1n) is 9.73. The summed E-state index contributed by atoms with van der Waals surface area (Å²) in [5.74, 6) is -0.378. The lowest BCUT2D eigenvalue weighted by atomic mass is 10.0. The van der Waals surface area contributed by atoms with Crippen LogP contribution in [0.3, 0.4) is 0 Å². The van der Waals surface area contributed by atoms with Gasteiger partial charge in [-0.25, -0.2) is 4.98 Å². The van der Waals surface area contributed by atoms with Crippen LogP contribution < -0.4 is 10.2 Å². The number of amides is 2. The Morgan fingerprint density at radius 1 is 1.13 bits per heavy atom. The Balaban J connectivity index is 1.44. The second kappa shape index (κ2) is 7.62. The van der Waals surface area contributed by atoms with Gasteiger partial charge < -0.3 is 14.2 Å². The number of aromatic nitrogens is 1. The van der Waals surface area contributed by atoms with Crippen LogP contribution in [0, 0.1) is 0 Å². The summed E-state index contributed by atoms with van der Waals surface area (Å²) in [6.07, 6.45) is 5.01. The first kappa shape index (κ1) is 18.9. The number of pyridine rings is 1. The molecular formula is C22H20N4O3S. The molecule has 0 bridgehead atoms. The number of nitrogens with zero attached hydrogens (tertiary/aromatic N) is 3. The molecule has 30 heavy (non-hydrogen) atoms.